The first-order valence-electron chi connectivity index (χ1n) is 4.36. The second-order valence-electron chi connectivity index (χ2n) is 2.35. The molecule has 16 heavy (non-hydrogen) atoms. The van der Waals surface area contributed by atoms with Gasteiger partial charge in [0.15, 0.2) is 0 Å². The molecule has 0 atom stereocenters. The summed E-state index contributed by atoms with van der Waals surface area (Å²) in [5, 5.41) is 0. The fourth-order valence-electron chi connectivity index (χ4n) is 0.533. The van der Waals surface area contributed by atoms with Crippen molar-refractivity contribution in [2.24, 2.45) is 0 Å². The van der Waals surface area contributed by atoms with Crippen LogP contribution in [0.1, 0.15) is 0 Å². The van der Waals surface area contributed by atoms with E-state index in [1.165, 1.54) is 21.6 Å². The van der Waals surface area contributed by atoms with E-state index in [0.717, 1.165) is 0 Å². The van der Waals surface area contributed by atoms with Crippen molar-refractivity contribution >= 4 is 54.8 Å². The largest absolute Gasteiger partial charge is 0.476 e. The lowest BCUT2D eigenvalue weighted by Gasteiger charge is -2.07. The van der Waals surface area contributed by atoms with E-state index >= 15 is 0 Å². The number of thiocarbonyl (C=S) groups is 2. The van der Waals surface area contributed by atoms with Gasteiger partial charge in [0.05, 0.1) is 13.2 Å². The van der Waals surface area contributed by atoms with Crippen molar-refractivity contribution in [1.82, 2.24) is 0 Å². The van der Waals surface area contributed by atoms with E-state index in [2.05, 4.69) is 0 Å². The summed E-state index contributed by atoms with van der Waals surface area (Å²) in [6.45, 7) is 1.92. The van der Waals surface area contributed by atoms with Gasteiger partial charge >= 0.3 is 0 Å². The van der Waals surface area contributed by atoms with E-state index in [0.29, 0.717) is 35.2 Å². The van der Waals surface area contributed by atoms with Gasteiger partial charge in [0, 0.05) is 35.8 Å². The van der Waals surface area contributed by atoms with Crippen LogP contribution in [-0.2, 0) is 18.9 Å². The van der Waals surface area contributed by atoms with Crippen LogP contribution in [0.15, 0.2) is 0 Å². The first-order chi connectivity index (χ1) is 7.70. The second-order valence-corrected chi connectivity index (χ2v) is 5.68. The van der Waals surface area contributed by atoms with Gasteiger partial charge in [-0.1, -0.05) is 0 Å². The Kier molecular flexibility index (Phi) is 12.2. The minimum atomic E-state index is 0.416. The molecule has 0 radical (unpaired) electrons. The minimum absolute atomic E-state index is 0.416. The topological polar surface area (TPSA) is 36.9 Å². The minimum Gasteiger partial charge on any atom is -0.476 e. The van der Waals surface area contributed by atoms with E-state index in [1.54, 1.807) is 14.2 Å². The van der Waals surface area contributed by atoms with Crippen molar-refractivity contribution in [3.63, 3.8) is 0 Å². The summed E-state index contributed by atoms with van der Waals surface area (Å²) in [4.78, 5) is 0. The summed E-state index contributed by atoms with van der Waals surface area (Å²) >= 11 is 9.89. The highest BCUT2D eigenvalue weighted by atomic mass is 33.1. The highest BCUT2D eigenvalue weighted by Crippen LogP contribution is 2.26. The maximum Gasteiger partial charge on any atom is 0.231 e. The fraction of sp³-hybridized carbons (Fsp3) is 0.750. The molecule has 0 aliphatic rings. The van der Waals surface area contributed by atoms with Crippen LogP contribution < -0.4 is 0 Å². The molecule has 4 nitrogen and oxygen atoms in total. The smallest absolute Gasteiger partial charge is 0.231 e. The van der Waals surface area contributed by atoms with Crippen LogP contribution in [0, 0.1) is 0 Å². The molecule has 0 amide bonds. The van der Waals surface area contributed by atoms with E-state index in [1.807, 2.05) is 0 Å². The molecule has 0 heterocycles. The Morgan fingerprint density at radius 2 is 1.19 bits per heavy atom. The summed E-state index contributed by atoms with van der Waals surface area (Å²) in [5.41, 5.74) is 0. The fourth-order valence-corrected chi connectivity index (χ4v) is 2.41. The van der Waals surface area contributed by atoms with Crippen LogP contribution >= 0.6 is 46.0 Å². The van der Waals surface area contributed by atoms with Crippen LogP contribution in [0.2, 0.25) is 0 Å². The zero-order chi connectivity index (χ0) is 12.2. The lowest BCUT2D eigenvalue weighted by Crippen LogP contribution is -2.06. The Bertz CT molecular complexity index is 190. The molecule has 0 aromatic carbocycles. The average Bonchev–Trinajstić information content (AvgIpc) is 2.27. The summed E-state index contributed by atoms with van der Waals surface area (Å²) in [5.74, 6) is 0. The Labute approximate surface area is 114 Å². The van der Waals surface area contributed by atoms with Crippen molar-refractivity contribution in [3.05, 3.63) is 0 Å². The zero-order valence-corrected chi connectivity index (χ0v) is 12.4. The van der Waals surface area contributed by atoms with Crippen LogP contribution in [0.3, 0.4) is 0 Å². The lowest BCUT2D eigenvalue weighted by atomic mass is 10.8. The molecule has 0 aromatic heterocycles. The van der Waals surface area contributed by atoms with Crippen LogP contribution in [0.25, 0.3) is 0 Å². The normalized spacial score (nSPS) is 9.88. The second kappa shape index (κ2) is 11.9. The Balaban J connectivity index is 3.40. The van der Waals surface area contributed by atoms with Crippen molar-refractivity contribution in [1.29, 1.82) is 0 Å². The maximum atomic E-state index is 5.17. The molecule has 8 heteroatoms. The molecule has 0 bridgehead atoms. The SMILES string of the molecule is COCCOC(=S)SSC(=S)OCCOC. The van der Waals surface area contributed by atoms with Gasteiger partial charge in [-0.3, -0.25) is 0 Å². The first kappa shape index (κ1) is 16.4. The van der Waals surface area contributed by atoms with Gasteiger partial charge in [-0.15, -0.1) is 0 Å². The molecule has 0 aliphatic heterocycles. The summed E-state index contributed by atoms with van der Waals surface area (Å²) in [7, 11) is 5.72. The highest BCUT2D eigenvalue weighted by Gasteiger charge is 2.04. The van der Waals surface area contributed by atoms with E-state index in [-0.39, 0.29) is 0 Å². The molecule has 0 aliphatic carbocycles. The van der Waals surface area contributed by atoms with Crippen molar-refractivity contribution in [3.8, 4) is 0 Å². The third kappa shape index (κ3) is 10.9. The zero-order valence-electron chi connectivity index (χ0n) is 9.09. The molecule has 0 saturated heterocycles. The third-order valence-corrected chi connectivity index (χ3v) is 4.31. The third-order valence-electron chi connectivity index (χ3n) is 1.19. The Hall–Kier alpha value is 0.400. The number of methoxy groups -OCH3 is 2. The molecule has 0 spiro atoms. The molecule has 0 saturated carbocycles. The predicted octanol–water partition coefficient (Wildman–Crippen LogP) is 2.26. The van der Waals surface area contributed by atoms with Gasteiger partial charge < -0.3 is 18.9 Å². The highest BCUT2D eigenvalue weighted by molar-refractivity contribution is 8.89. The number of hydrogen-bond donors (Lipinski definition) is 0. The number of rotatable bonds is 6. The van der Waals surface area contributed by atoms with Gasteiger partial charge in [0.1, 0.15) is 13.2 Å². The van der Waals surface area contributed by atoms with Gasteiger partial charge in [0.25, 0.3) is 0 Å². The van der Waals surface area contributed by atoms with Gasteiger partial charge in [-0.2, -0.15) is 0 Å². The van der Waals surface area contributed by atoms with E-state index in [9.17, 15) is 0 Å². The summed E-state index contributed by atoms with van der Waals surface area (Å²) in [6, 6.07) is 0. The standard InChI is InChI=1S/C8H14O4S4/c1-9-3-5-11-7(13)15-16-8(14)12-6-4-10-2/h3-6H2,1-2H3. The maximum absolute atomic E-state index is 5.17. The summed E-state index contributed by atoms with van der Waals surface area (Å²) < 4.78 is 20.8. The van der Waals surface area contributed by atoms with Crippen molar-refractivity contribution in [2.75, 3.05) is 40.6 Å². The van der Waals surface area contributed by atoms with Crippen molar-refractivity contribution < 1.29 is 18.9 Å². The first-order valence-corrected chi connectivity index (χ1v) is 7.33. The van der Waals surface area contributed by atoms with Crippen LogP contribution in [0.5, 0.6) is 0 Å². The van der Waals surface area contributed by atoms with Crippen LogP contribution in [-0.4, -0.2) is 49.4 Å². The number of ether oxygens (including phenoxy) is 4. The number of hydrogen-bond acceptors (Lipinski definition) is 8. The Morgan fingerprint density at radius 3 is 1.50 bits per heavy atom. The quantitative estimate of drug-likeness (QED) is 0.420. The predicted molar refractivity (Wildman–Crippen MR) is 76.0 cm³/mol. The molecular formula is C8H14O4S4. The van der Waals surface area contributed by atoms with Gasteiger partial charge in [-0.05, 0) is 24.4 Å². The summed E-state index contributed by atoms with van der Waals surface area (Å²) in [6.07, 6.45) is 0. The monoisotopic (exact) mass is 302 g/mol. The molecule has 0 N–H and O–H groups in total. The molecule has 0 rings (SSSR count). The van der Waals surface area contributed by atoms with Crippen molar-refractivity contribution in [2.45, 2.75) is 0 Å². The molecule has 0 fully saturated rings. The van der Waals surface area contributed by atoms with E-state index in [4.69, 9.17) is 43.4 Å². The van der Waals surface area contributed by atoms with Crippen LogP contribution in [0.4, 0.5) is 0 Å². The molecule has 0 aromatic rings. The average molecular weight is 302 g/mol. The molecule has 94 valence electrons. The Morgan fingerprint density at radius 1 is 0.812 bits per heavy atom. The van der Waals surface area contributed by atoms with Gasteiger partial charge in [-0.25, -0.2) is 0 Å². The molecular weight excluding hydrogens is 288 g/mol. The van der Waals surface area contributed by atoms with Gasteiger partial charge in [0.2, 0.25) is 8.77 Å². The molecule has 0 unspecified atom stereocenters. The van der Waals surface area contributed by atoms with E-state index < -0.39 is 0 Å². The lowest BCUT2D eigenvalue weighted by molar-refractivity contribution is 0.145.